The molecule has 0 saturated heterocycles. The quantitative estimate of drug-likeness (QED) is 0.795. The summed E-state index contributed by atoms with van der Waals surface area (Å²) in [6.07, 6.45) is -0.602. The van der Waals surface area contributed by atoms with Crippen molar-refractivity contribution in [3.8, 4) is 0 Å². The molecule has 0 unspecified atom stereocenters. The van der Waals surface area contributed by atoms with Crippen LogP contribution in [0.15, 0.2) is 48.5 Å². The van der Waals surface area contributed by atoms with E-state index in [1.807, 2.05) is 53.1 Å². The number of hydrogen-bond donors (Lipinski definition) is 1. The number of para-hydroxylation sites is 2. The van der Waals surface area contributed by atoms with Crippen molar-refractivity contribution in [3.05, 3.63) is 64.9 Å². The molecule has 1 atom stereocenters. The van der Waals surface area contributed by atoms with Gasteiger partial charge in [-0.3, -0.25) is 0 Å². The zero-order chi connectivity index (χ0) is 14.1. The van der Waals surface area contributed by atoms with E-state index in [9.17, 15) is 5.11 Å². The summed E-state index contributed by atoms with van der Waals surface area (Å²) in [6.45, 7) is 2.40. The number of halogens is 1. The van der Waals surface area contributed by atoms with Crippen molar-refractivity contribution < 1.29 is 5.11 Å². The van der Waals surface area contributed by atoms with E-state index >= 15 is 0 Å². The van der Waals surface area contributed by atoms with Crippen LogP contribution < -0.4 is 0 Å². The number of rotatable bonds is 3. The molecule has 2 aromatic carbocycles. The Morgan fingerprint density at radius 2 is 1.85 bits per heavy atom. The number of aliphatic hydroxyl groups excluding tert-OH is 1. The number of aromatic nitrogens is 2. The fraction of sp³-hybridized carbons (Fsp3) is 0.188. The molecule has 1 heterocycles. The molecule has 102 valence electrons. The first kappa shape index (κ1) is 13.2. The standard InChI is InChI=1S/C16H15ClN2O/c1-11(20)16-18-14-4-2-3-5-15(14)19(16)10-12-6-8-13(17)9-7-12/h2-9,11,20H,10H2,1H3/t11-/m0/s1. The summed E-state index contributed by atoms with van der Waals surface area (Å²) in [6, 6.07) is 15.6. The van der Waals surface area contributed by atoms with E-state index in [2.05, 4.69) is 4.98 Å². The van der Waals surface area contributed by atoms with Gasteiger partial charge in [-0.1, -0.05) is 35.9 Å². The van der Waals surface area contributed by atoms with Gasteiger partial charge in [0.2, 0.25) is 0 Å². The lowest BCUT2D eigenvalue weighted by molar-refractivity contribution is 0.185. The van der Waals surface area contributed by atoms with Crippen molar-refractivity contribution in [3.63, 3.8) is 0 Å². The van der Waals surface area contributed by atoms with Crippen molar-refractivity contribution in [1.29, 1.82) is 0 Å². The topological polar surface area (TPSA) is 38.1 Å². The fourth-order valence-corrected chi connectivity index (χ4v) is 2.48. The van der Waals surface area contributed by atoms with Crippen LogP contribution in [0.3, 0.4) is 0 Å². The second-order valence-electron chi connectivity index (χ2n) is 4.85. The van der Waals surface area contributed by atoms with Crippen molar-refractivity contribution in [2.75, 3.05) is 0 Å². The maximum absolute atomic E-state index is 9.92. The third kappa shape index (κ3) is 2.42. The minimum absolute atomic E-state index is 0.602. The van der Waals surface area contributed by atoms with E-state index in [-0.39, 0.29) is 0 Å². The maximum Gasteiger partial charge on any atom is 0.138 e. The van der Waals surface area contributed by atoms with Gasteiger partial charge >= 0.3 is 0 Å². The Kier molecular flexibility index (Phi) is 3.47. The predicted octanol–water partition coefficient (Wildman–Crippen LogP) is 3.79. The van der Waals surface area contributed by atoms with Crippen LogP contribution in [0.1, 0.15) is 24.4 Å². The molecule has 1 N–H and O–H groups in total. The van der Waals surface area contributed by atoms with Gasteiger partial charge in [-0.15, -0.1) is 0 Å². The molecule has 1 aromatic heterocycles. The van der Waals surface area contributed by atoms with E-state index in [0.29, 0.717) is 12.4 Å². The monoisotopic (exact) mass is 286 g/mol. The largest absolute Gasteiger partial charge is 0.385 e. The molecule has 0 amide bonds. The Morgan fingerprint density at radius 1 is 1.15 bits per heavy atom. The molecule has 0 saturated carbocycles. The highest BCUT2D eigenvalue weighted by Crippen LogP contribution is 2.22. The Hall–Kier alpha value is -1.84. The lowest BCUT2D eigenvalue weighted by Gasteiger charge is -2.11. The lowest BCUT2D eigenvalue weighted by Crippen LogP contribution is -2.07. The lowest BCUT2D eigenvalue weighted by atomic mass is 10.2. The van der Waals surface area contributed by atoms with Crippen molar-refractivity contribution in [1.82, 2.24) is 9.55 Å². The highest BCUT2D eigenvalue weighted by Gasteiger charge is 2.14. The molecule has 0 radical (unpaired) electrons. The molecule has 20 heavy (non-hydrogen) atoms. The highest BCUT2D eigenvalue weighted by atomic mass is 35.5. The van der Waals surface area contributed by atoms with Crippen LogP contribution in [0.4, 0.5) is 0 Å². The first-order chi connectivity index (χ1) is 9.65. The Labute approximate surface area is 122 Å². The normalized spacial score (nSPS) is 12.8. The summed E-state index contributed by atoms with van der Waals surface area (Å²) in [7, 11) is 0. The molecular formula is C16H15ClN2O. The summed E-state index contributed by atoms with van der Waals surface area (Å²) in [5, 5.41) is 10.6. The van der Waals surface area contributed by atoms with Crippen LogP contribution in [0.5, 0.6) is 0 Å². The molecule has 0 aliphatic rings. The molecule has 3 nitrogen and oxygen atoms in total. The molecule has 4 heteroatoms. The summed E-state index contributed by atoms with van der Waals surface area (Å²) in [5.74, 6) is 0.682. The van der Waals surface area contributed by atoms with Gasteiger partial charge < -0.3 is 9.67 Å². The third-order valence-corrected chi connectivity index (χ3v) is 3.56. The molecule has 0 bridgehead atoms. The van der Waals surface area contributed by atoms with Gasteiger partial charge in [0.25, 0.3) is 0 Å². The van der Waals surface area contributed by atoms with E-state index in [1.54, 1.807) is 6.92 Å². The summed E-state index contributed by atoms with van der Waals surface area (Å²) >= 11 is 5.91. The Balaban J connectivity index is 2.09. The van der Waals surface area contributed by atoms with E-state index < -0.39 is 6.10 Å². The van der Waals surface area contributed by atoms with Crippen LogP contribution in [0.2, 0.25) is 5.02 Å². The van der Waals surface area contributed by atoms with Gasteiger partial charge in [-0.05, 0) is 36.8 Å². The van der Waals surface area contributed by atoms with Gasteiger partial charge in [0.05, 0.1) is 11.0 Å². The number of benzene rings is 2. The molecule has 0 fully saturated rings. The molecule has 0 aliphatic carbocycles. The summed E-state index contributed by atoms with van der Waals surface area (Å²) < 4.78 is 2.04. The average Bonchev–Trinajstić information content (AvgIpc) is 2.81. The van der Waals surface area contributed by atoms with Gasteiger partial charge in [0.1, 0.15) is 11.9 Å². The second-order valence-corrected chi connectivity index (χ2v) is 5.28. The van der Waals surface area contributed by atoms with Crippen molar-refractivity contribution in [2.24, 2.45) is 0 Å². The van der Waals surface area contributed by atoms with E-state index in [0.717, 1.165) is 21.6 Å². The maximum atomic E-state index is 9.92. The first-order valence-electron chi connectivity index (χ1n) is 6.53. The second kappa shape index (κ2) is 5.27. The average molecular weight is 287 g/mol. The van der Waals surface area contributed by atoms with Crippen LogP contribution in [0, 0.1) is 0 Å². The molecule has 3 rings (SSSR count). The fourth-order valence-electron chi connectivity index (χ4n) is 2.35. The predicted molar refractivity (Wildman–Crippen MR) is 80.9 cm³/mol. The smallest absolute Gasteiger partial charge is 0.138 e. The Bertz CT molecular complexity index is 732. The zero-order valence-corrected chi connectivity index (χ0v) is 11.9. The summed E-state index contributed by atoms with van der Waals surface area (Å²) in [4.78, 5) is 4.51. The van der Waals surface area contributed by atoms with E-state index in [1.165, 1.54) is 0 Å². The number of imidazole rings is 1. The zero-order valence-electron chi connectivity index (χ0n) is 11.1. The third-order valence-electron chi connectivity index (χ3n) is 3.31. The summed E-state index contributed by atoms with van der Waals surface area (Å²) in [5.41, 5.74) is 3.05. The Morgan fingerprint density at radius 3 is 2.55 bits per heavy atom. The highest BCUT2D eigenvalue weighted by molar-refractivity contribution is 6.30. The van der Waals surface area contributed by atoms with E-state index in [4.69, 9.17) is 11.6 Å². The van der Waals surface area contributed by atoms with Gasteiger partial charge in [0.15, 0.2) is 0 Å². The molecule has 0 spiro atoms. The van der Waals surface area contributed by atoms with Crippen LogP contribution in [-0.2, 0) is 6.54 Å². The van der Waals surface area contributed by atoms with Gasteiger partial charge in [0, 0.05) is 11.6 Å². The van der Waals surface area contributed by atoms with Crippen molar-refractivity contribution in [2.45, 2.75) is 19.6 Å². The van der Waals surface area contributed by atoms with Crippen molar-refractivity contribution >= 4 is 22.6 Å². The molecule has 3 aromatic rings. The number of hydrogen-bond acceptors (Lipinski definition) is 2. The molecular weight excluding hydrogens is 272 g/mol. The van der Waals surface area contributed by atoms with Gasteiger partial charge in [-0.2, -0.15) is 0 Å². The SMILES string of the molecule is C[C@H](O)c1nc2ccccc2n1Cc1ccc(Cl)cc1. The molecule has 0 aliphatic heterocycles. The van der Waals surface area contributed by atoms with Crippen LogP contribution >= 0.6 is 11.6 Å². The first-order valence-corrected chi connectivity index (χ1v) is 6.90. The minimum atomic E-state index is -0.602. The van der Waals surface area contributed by atoms with Crippen LogP contribution in [0.25, 0.3) is 11.0 Å². The number of nitrogens with zero attached hydrogens (tertiary/aromatic N) is 2. The number of aliphatic hydroxyl groups is 1. The number of fused-ring (bicyclic) bond motifs is 1. The minimum Gasteiger partial charge on any atom is -0.385 e. The van der Waals surface area contributed by atoms with Gasteiger partial charge in [-0.25, -0.2) is 4.98 Å². The van der Waals surface area contributed by atoms with Crippen LogP contribution in [-0.4, -0.2) is 14.7 Å².